The van der Waals surface area contributed by atoms with Crippen molar-refractivity contribution >= 4 is 11.1 Å². The molecule has 0 atom stereocenters. The Labute approximate surface area is 118 Å². The topological polar surface area (TPSA) is 58.9 Å². The molecule has 2 heterocycles. The average molecular weight is 300 g/mol. The highest BCUT2D eigenvalue weighted by atomic mass is 19.4. The van der Waals surface area contributed by atoms with Crippen LogP contribution in [0, 0.1) is 5.92 Å². The molecule has 1 aliphatic rings. The number of unbranched alkanes of at least 4 members (excludes halogenated alkanes) is 1. The number of alkyl halides is 3. The Morgan fingerprint density at radius 3 is 2.76 bits per heavy atom. The zero-order chi connectivity index (χ0) is 15.0. The lowest BCUT2D eigenvalue weighted by atomic mass is 10.0. The van der Waals surface area contributed by atoms with Gasteiger partial charge in [0, 0.05) is 6.07 Å². The summed E-state index contributed by atoms with van der Waals surface area (Å²) in [6.45, 7) is 0. The SMILES string of the molecule is O=c1cc(CCCCC2CC2)c2c(C(F)(F)F)[nH]nc2o1. The summed E-state index contributed by atoms with van der Waals surface area (Å²) >= 11 is 0. The molecule has 21 heavy (non-hydrogen) atoms. The number of hydrogen-bond donors (Lipinski definition) is 1. The van der Waals surface area contributed by atoms with Crippen molar-refractivity contribution in [1.82, 2.24) is 10.2 Å². The maximum absolute atomic E-state index is 12.9. The number of rotatable bonds is 5. The second-order valence-corrected chi connectivity index (χ2v) is 5.56. The monoisotopic (exact) mass is 300 g/mol. The Hall–Kier alpha value is -1.79. The quantitative estimate of drug-likeness (QED) is 0.857. The highest BCUT2D eigenvalue weighted by Crippen LogP contribution is 2.36. The van der Waals surface area contributed by atoms with Crippen LogP contribution in [0.4, 0.5) is 13.2 Å². The van der Waals surface area contributed by atoms with Gasteiger partial charge >= 0.3 is 11.8 Å². The van der Waals surface area contributed by atoms with Gasteiger partial charge in [-0.2, -0.15) is 13.2 Å². The van der Waals surface area contributed by atoms with Crippen LogP contribution in [-0.2, 0) is 12.6 Å². The van der Waals surface area contributed by atoms with Gasteiger partial charge in [0.05, 0.1) is 5.39 Å². The van der Waals surface area contributed by atoms with Crippen molar-refractivity contribution in [3.63, 3.8) is 0 Å². The summed E-state index contributed by atoms with van der Waals surface area (Å²) in [5.74, 6) is 0.797. The summed E-state index contributed by atoms with van der Waals surface area (Å²) in [6, 6.07) is 1.14. The Kier molecular flexibility index (Phi) is 3.51. The third kappa shape index (κ3) is 3.11. The molecule has 2 aromatic heterocycles. The van der Waals surface area contributed by atoms with Crippen LogP contribution in [0.5, 0.6) is 0 Å². The van der Waals surface area contributed by atoms with Crippen LogP contribution in [0.3, 0.4) is 0 Å². The van der Waals surface area contributed by atoms with Crippen LogP contribution in [0.1, 0.15) is 43.4 Å². The minimum atomic E-state index is -4.54. The first-order valence-electron chi connectivity index (χ1n) is 7.03. The molecule has 1 fully saturated rings. The van der Waals surface area contributed by atoms with E-state index in [-0.39, 0.29) is 11.1 Å². The molecular weight excluding hydrogens is 285 g/mol. The van der Waals surface area contributed by atoms with E-state index in [4.69, 9.17) is 4.42 Å². The number of aromatic amines is 1. The summed E-state index contributed by atoms with van der Waals surface area (Å²) in [6.07, 6.45) is 1.25. The van der Waals surface area contributed by atoms with Crippen LogP contribution in [0.25, 0.3) is 11.1 Å². The van der Waals surface area contributed by atoms with Crippen LogP contribution < -0.4 is 5.63 Å². The van der Waals surface area contributed by atoms with Crippen molar-refractivity contribution < 1.29 is 17.6 Å². The molecule has 0 radical (unpaired) electrons. The normalized spacial score (nSPS) is 15.8. The van der Waals surface area contributed by atoms with Gasteiger partial charge in [0.15, 0.2) is 5.69 Å². The lowest BCUT2D eigenvalue weighted by Gasteiger charge is -2.07. The van der Waals surface area contributed by atoms with Crippen molar-refractivity contribution in [3.8, 4) is 0 Å². The van der Waals surface area contributed by atoms with E-state index in [9.17, 15) is 18.0 Å². The lowest BCUT2D eigenvalue weighted by molar-refractivity contribution is -0.140. The molecule has 0 bridgehead atoms. The fraction of sp³-hybridized carbons (Fsp3) is 0.571. The number of fused-ring (bicyclic) bond motifs is 1. The highest BCUT2D eigenvalue weighted by molar-refractivity contribution is 5.80. The van der Waals surface area contributed by atoms with E-state index in [2.05, 4.69) is 5.10 Å². The first kappa shape index (κ1) is 14.2. The van der Waals surface area contributed by atoms with Gasteiger partial charge in [-0.05, 0) is 24.3 Å². The Balaban J connectivity index is 1.87. The zero-order valence-corrected chi connectivity index (χ0v) is 11.3. The molecule has 4 nitrogen and oxygen atoms in total. The first-order chi connectivity index (χ1) is 9.95. The second kappa shape index (κ2) is 5.20. The minimum Gasteiger partial charge on any atom is -0.402 e. The standard InChI is InChI=1S/C14H15F3N2O2/c15-14(16,17)12-11-9(4-2-1-3-8-5-6-8)7-10(20)21-13(11)19-18-12/h7-8H,1-6H2,(H,18,19). The van der Waals surface area contributed by atoms with Crippen LogP contribution in [-0.4, -0.2) is 10.2 Å². The number of nitrogens with zero attached hydrogens (tertiary/aromatic N) is 1. The van der Waals surface area contributed by atoms with Gasteiger partial charge in [-0.15, -0.1) is 5.10 Å². The van der Waals surface area contributed by atoms with E-state index in [1.165, 1.54) is 12.8 Å². The van der Waals surface area contributed by atoms with E-state index < -0.39 is 17.5 Å². The van der Waals surface area contributed by atoms with E-state index in [0.717, 1.165) is 31.2 Å². The minimum absolute atomic E-state index is 0.117. The van der Waals surface area contributed by atoms with Gasteiger partial charge in [0.2, 0.25) is 5.71 Å². The molecule has 1 aliphatic carbocycles. The third-order valence-corrected chi connectivity index (χ3v) is 3.83. The number of halogens is 3. The maximum Gasteiger partial charge on any atom is 0.433 e. The Morgan fingerprint density at radius 2 is 2.10 bits per heavy atom. The summed E-state index contributed by atoms with van der Waals surface area (Å²) in [4.78, 5) is 11.4. The van der Waals surface area contributed by atoms with E-state index in [1.54, 1.807) is 0 Å². The van der Waals surface area contributed by atoms with Crippen molar-refractivity contribution in [2.75, 3.05) is 0 Å². The molecule has 0 aromatic carbocycles. The fourth-order valence-corrected chi connectivity index (χ4v) is 2.59. The first-order valence-corrected chi connectivity index (χ1v) is 7.03. The number of aromatic nitrogens is 2. The summed E-state index contributed by atoms with van der Waals surface area (Å²) in [5, 5.41) is 5.28. The Bertz CT molecular complexity index is 698. The molecule has 0 unspecified atom stereocenters. The molecule has 1 N–H and O–H groups in total. The molecule has 0 aliphatic heterocycles. The molecule has 114 valence electrons. The number of H-pyrrole nitrogens is 1. The number of hydrogen-bond acceptors (Lipinski definition) is 3. The maximum atomic E-state index is 12.9. The molecule has 2 aromatic rings. The summed E-state index contributed by atoms with van der Waals surface area (Å²) in [7, 11) is 0. The van der Waals surface area contributed by atoms with Gasteiger partial charge in [-0.3, -0.25) is 5.10 Å². The molecule has 0 spiro atoms. The summed E-state index contributed by atoms with van der Waals surface area (Å²) in [5.41, 5.74) is -1.52. The number of aryl methyl sites for hydroxylation is 1. The molecule has 0 saturated heterocycles. The molecule has 1 saturated carbocycles. The fourth-order valence-electron chi connectivity index (χ4n) is 2.59. The van der Waals surface area contributed by atoms with E-state index in [0.29, 0.717) is 12.0 Å². The van der Waals surface area contributed by atoms with Crippen molar-refractivity contribution in [2.24, 2.45) is 5.92 Å². The second-order valence-electron chi connectivity index (χ2n) is 5.56. The molecule has 7 heteroatoms. The van der Waals surface area contributed by atoms with Gasteiger partial charge < -0.3 is 4.42 Å². The predicted octanol–water partition coefficient (Wildman–Crippen LogP) is 3.66. The van der Waals surface area contributed by atoms with Gasteiger partial charge in [0.25, 0.3) is 0 Å². The molecule has 3 rings (SSSR count). The van der Waals surface area contributed by atoms with Crippen LogP contribution in [0.15, 0.2) is 15.3 Å². The van der Waals surface area contributed by atoms with Crippen molar-refractivity contribution in [1.29, 1.82) is 0 Å². The van der Waals surface area contributed by atoms with E-state index >= 15 is 0 Å². The van der Waals surface area contributed by atoms with Crippen LogP contribution >= 0.6 is 0 Å². The average Bonchev–Trinajstić information content (AvgIpc) is 3.10. The molecule has 0 amide bonds. The lowest BCUT2D eigenvalue weighted by Crippen LogP contribution is -2.08. The van der Waals surface area contributed by atoms with Crippen LogP contribution in [0.2, 0.25) is 0 Å². The third-order valence-electron chi connectivity index (χ3n) is 3.83. The van der Waals surface area contributed by atoms with E-state index in [1.807, 2.05) is 5.10 Å². The largest absolute Gasteiger partial charge is 0.433 e. The Morgan fingerprint density at radius 1 is 1.33 bits per heavy atom. The number of nitrogens with one attached hydrogen (secondary N) is 1. The smallest absolute Gasteiger partial charge is 0.402 e. The van der Waals surface area contributed by atoms with Gasteiger partial charge in [-0.25, -0.2) is 4.79 Å². The zero-order valence-electron chi connectivity index (χ0n) is 11.3. The predicted molar refractivity (Wildman–Crippen MR) is 69.9 cm³/mol. The molecular formula is C14H15F3N2O2. The van der Waals surface area contributed by atoms with Crippen molar-refractivity contribution in [3.05, 3.63) is 27.7 Å². The van der Waals surface area contributed by atoms with Crippen molar-refractivity contribution in [2.45, 2.75) is 44.7 Å². The summed E-state index contributed by atoms with van der Waals surface area (Å²) < 4.78 is 43.6. The van der Waals surface area contributed by atoms with Gasteiger partial charge in [-0.1, -0.05) is 25.7 Å². The highest BCUT2D eigenvalue weighted by Gasteiger charge is 2.36. The van der Waals surface area contributed by atoms with Gasteiger partial charge in [0.1, 0.15) is 0 Å².